The topological polar surface area (TPSA) is 92.5 Å². The molecule has 6 nitrogen and oxygen atoms in total. The molecule has 1 rings (SSSR count). The summed E-state index contributed by atoms with van der Waals surface area (Å²) in [6.07, 6.45) is -4.45. The molecule has 10 heteroatoms. The number of sulfonamides is 1. The molecule has 130 valence electrons. The number of carbonyl (C=O) groups excluding carboxylic acids is 1. The maximum absolute atomic E-state index is 12.0. The van der Waals surface area contributed by atoms with E-state index in [0.717, 1.165) is 0 Å². The number of rotatable bonds is 6. The number of carbonyl (C=O) groups is 1. The third-order valence-corrected chi connectivity index (χ3v) is 4.16. The Morgan fingerprint density at radius 1 is 1.30 bits per heavy atom. The number of amides is 1. The van der Waals surface area contributed by atoms with E-state index in [2.05, 4.69) is 0 Å². The molecule has 0 fully saturated rings. The smallest absolute Gasteiger partial charge is 0.346 e. The Morgan fingerprint density at radius 2 is 1.83 bits per heavy atom. The summed E-state index contributed by atoms with van der Waals surface area (Å²) in [6, 6.07) is 5.43. The molecule has 0 radical (unpaired) electrons. The normalized spacial score (nSPS) is 13.9. The van der Waals surface area contributed by atoms with Crippen molar-refractivity contribution >= 4 is 15.9 Å². The van der Waals surface area contributed by atoms with E-state index in [4.69, 9.17) is 5.14 Å². The first-order valence-corrected chi connectivity index (χ1v) is 8.11. The molecular formula is C13H18F3N3O3S. The Kier molecular flexibility index (Phi) is 6.14. The maximum atomic E-state index is 12.0. The van der Waals surface area contributed by atoms with Gasteiger partial charge in [0.05, 0.1) is 11.4 Å². The molecule has 23 heavy (non-hydrogen) atoms. The van der Waals surface area contributed by atoms with Crippen molar-refractivity contribution in [1.29, 1.82) is 0 Å². The van der Waals surface area contributed by atoms with Gasteiger partial charge in [-0.15, -0.1) is 0 Å². The van der Waals surface area contributed by atoms with Gasteiger partial charge in [0.1, 0.15) is 6.54 Å². The van der Waals surface area contributed by atoms with E-state index < -0.39 is 28.7 Å². The highest BCUT2D eigenvalue weighted by Crippen LogP contribution is 2.20. The minimum atomic E-state index is -4.45. The van der Waals surface area contributed by atoms with Gasteiger partial charge < -0.3 is 5.32 Å². The van der Waals surface area contributed by atoms with Crippen molar-refractivity contribution < 1.29 is 26.4 Å². The van der Waals surface area contributed by atoms with E-state index in [1.165, 1.54) is 29.2 Å². The van der Waals surface area contributed by atoms with Gasteiger partial charge in [0.2, 0.25) is 15.9 Å². The number of hydrogen-bond donors (Lipinski definition) is 2. The van der Waals surface area contributed by atoms with Gasteiger partial charge in [-0.25, -0.2) is 13.6 Å². The van der Waals surface area contributed by atoms with Crippen molar-refractivity contribution in [2.75, 3.05) is 20.1 Å². The van der Waals surface area contributed by atoms with Crippen LogP contribution >= 0.6 is 0 Å². The average molecular weight is 353 g/mol. The summed E-state index contributed by atoms with van der Waals surface area (Å²) in [5, 5.41) is 6.78. The highest BCUT2D eigenvalue weighted by atomic mass is 32.2. The van der Waals surface area contributed by atoms with Crippen molar-refractivity contribution in [2.45, 2.75) is 24.0 Å². The first-order chi connectivity index (χ1) is 10.4. The van der Waals surface area contributed by atoms with Gasteiger partial charge in [0, 0.05) is 6.04 Å². The number of alkyl halides is 3. The molecule has 0 aromatic heterocycles. The van der Waals surface area contributed by atoms with Gasteiger partial charge >= 0.3 is 6.18 Å². The number of primary sulfonamides is 1. The highest BCUT2D eigenvalue weighted by molar-refractivity contribution is 7.89. The summed E-state index contributed by atoms with van der Waals surface area (Å²) in [5.74, 6) is -0.752. The lowest BCUT2D eigenvalue weighted by molar-refractivity contribution is -0.139. The Bertz CT molecular complexity index is 645. The van der Waals surface area contributed by atoms with Gasteiger partial charge in [-0.05, 0) is 31.7 Å². The second-order valence-electron chi connectivity index (χ2n) is 5.10. The van der Waals surface area contributed by atoms with E-state index >= 15 is 0 Å². The number of likely N-dealkylation sites (N-methyl/N-ethyl adjacent to an activating group) is 1. The highest BCUT2D eigenvalue weighted by Gasteiger charge is 2.28. The van der Waals surface area contributed by atoms with Crippen LogP contribution in [0.4, 0.5) is 13.2 Å². The van der Waals surface area contributed by atoms with Gasteiger partial charge in [-0.3, -0.25) is 9.69 Å². The first kappa shape index (κ1) is 19.4. The number of halogens is 3. The average Bonchev–Trinajstić information content (AvgIpc) is 2.42. The minimum Gasteiger partial charge on any atom is -0.346 e. The van der Waals surface area contributed by atoms with Gasteiger partial charge in [-0.1, -0.05) is 12.1 Å². The second kappa shape index (κ2) is 7.28. The monoisotopic (exact) mass is 353 g/mol. The molecule has 0 saturated carbocycles. The molecule has 0 bridgehead atoms. The largest absolute Gasteiger partial charge is 0.405 e. The van der Waals surface area contributed by atoms with E-state index in [9.17, 15) is 26.4 Å². The summed E-state index contributed by atoms with van der Waals surface area (Å²) in [5.41, 5.74) is 0.698. The molecule has 1 aromatic rings. The zero-order valence-electron chi connectivity index (χ0n) is 12.6. The van der Waals surface area contributed by atoms with Crippen LogP contribution in [0.25, 0.3) is 0 Å². The molecule has 0 spiro atoms. The van der Waals surface area contributed by atoms with Crippen molar-refractivity contribution in [3.63, 3.8) is 0 Å². The quantitative estimate of drug-likeness (QED) is 0.798. The van der Waals surface area contributed by atoms with Crippen molar-refractivity contribution in [3.05, 3.63) is 29.8 Å². The standard InChI is InChI=1S/C13H18F3N3O3S/c1-9(10-3-5-11(6-4-10)23(17,21)22)19(2)7-12(20)18-8-13(14,15)16/h3-6,9H,7-8H2,1-2H3,(H,18,20)(H2,17,21,22). The van der Waals surface area contributed by atoms with Gasteiger partial charge in [-0.2, -0.15) is 13.2 Å². The predicted octanol–water partition coefficient (Wildman–Crippen LogP) is 1.01. The molecular weight excluding hydrogens is 335 g/mol. The van der Waals surface area contributed by atoms with Crippen molar-refractivity contribution in [3.8, 4) is 0 Å². The lowest BCUT2D eigenvalue weighted by Gasteiger charge is -2.24. The fourth-order valence-corrected chi connectivity index (χ4v) is 2.32. The summed E-state index contributed by atoms with van der Waals surface area (Å²) < 4.78 is 58.4. The zero-order chi connectivity index (χ0) is 17.8. The van der Waals surface area contributed by atoms with Gasteiger partial charge in [0.15, 0.2) is 0 Å². The Hall–Kier alpha value is -1.65. The fraction of sp³-hybridized carbons (Fsp3) is 0.462. The zero-order valence-corrected chi connectivity index (χ0v) is 13.4. The number of nitrogens with two attached hydrogens (primary N) is 1. The molecule has 0 saturated heterocycles. The Morgan fingerprint density at radius 3 is 2.26 bits per heavy atom. The molecule has 0 aliphatic rings. The van der Waals surface area contributed by atoms with Crippen LogP contribution < -0.4 is 10.5 Å². The molecule has 1 atom stereocenters. The number of hydrogen-bond acceptors (Lipinski definition) is 4. The Balaban J connectivity index is 2.66. The van der Waals surface area contributed by atoms with Crippen molar-refractivity contribution in [1.82, 2.24) is 10.2 Å². The summed E-state index contributed by atoms with van der Waals surface area (Å²) in [6.45, 7) is 0.133. The predicted molar refractivity (Wildman–Crippen MR) is 77.9 cm³/mol. The number of nitrogens with one attached hydrogen (secondary N) is 1. The SMILES string of the molecule is CC(c1ccc(S(N)(=O)=O)cc1)N(C)CC(=O)NCC(F)(F)F. The van der Waals surface area contributed by atoms with Crippen LogP contribution in [-0.4, -0.2) is 45.5 Å². The Labute approximate surface area is 132 Å². The van der Waals surface area contributed by atoms with Crippen LogP contribution in [0.15, 0.2) is 29.2 Å². The maximum Gasteiger partial charge on any atom is 0.405 e. The third kappa shape index (κ3) is 6.55. The molecule has 0 aliphatic heterocycles. The second-order valence-corrected chi connectivity index (χ2v) is 6.66. The molecule has 0 heterocycles. The molecule has 1 unspecified atom stereocenters. The van der Waals surface area contributed by atoms with E-state index in [1.54, 1.807) is 19.3 Å². The lowest BCUT2D eigenvalue weighted by Crippen LogP contribution is -2.40. The van der Waals surface area contributed by atoms with Crippen LogP contribution in [0.2, 0.25) is 0 Å². The van der Waals surface area contributed by atoms with E-state index in [0.29, 0.717) is 5.56 Å². The number of benzene rings is 1. The summed E-state index contributed by atoms with van der Waals surface area (Å²) >= 11 is 0. The van der Waals surface area contributed by atoms with E-state index in [-0.39, 0.29) is 17.5 Å². The molecule has 1 amide bonds. The third-order valence-electron chi connectivity index (χ3n) is 3.23. The van der Waals surface area contributed by atoms with Crippen LogP contribution in [0.3, 0.4) is 0 Å². The number of nitrogens with zero attached hydrogens (tertiary/aromatic N) is 1. The van der Waals surface area contributed by atoms with Crippen LogP contribution in [0.1, 0.15) is 18.5 Å². The summed E-state index contributed by atoms with van der Waals surface area (Å²) in [4.78, 5) is 13.0. The molecule has 1 aromatic carbocycles. The van der Waals surface area contributed by atoms with Crippen LogP contribution in [0, 0.1) is 0 Å². The van der Waals surface area contributed by atoms with E-state index in [1.807, 2.05) is 0 Å². The molecule has 0 aliphatic carbocycles. The lowest BCUT2D eigenvalue weighted by atomic mass is 10.1. The molecule has 3 N–H and O–H groups in total. The van der Waals surface area contributed by atoms with Crippen molar-refractivity contribution in [2.24, 2.45) is 5.14 Å². The fourth-order valence-electron chi connectivity index (χ4n) is 1.81. The van der Waals surface area contributed by atoms with Crippen LogP contribution in [0.5, 0.6) is 0 Å². The van der Waals surface area contributed by atoms with Crippen LogP contribution in [-0.2, 0) is 14.8 Å². The minimum absolute atomic E-state index is 0.0426. The van der Waals surface area contributed by atoms with Gasteiger partial charge in [0.25, 0.3) is 0 Å². The first-order valence-electron chi connectivity index (χ1n) is 6.56. The summed E-state index contributed by atoms with van der Waals surface area (Å²) in [7, 11) is -2.22.